The van der Waals surface area contributed by atoms with Crippen molar-refractivity contribution in [3.05, 3.63) is 47.6 Å². The largest absolute Gasteiger partial charge is 0.476 e. The molecule has 0 atom stereocenters. The summed E-state index contributed by atoms with van der Waals surface area (Å²) < 4.78 is 0. The van der Waals surface area contributed by atoms with Crippen molar-refractivity contribution in [2.24, 2.45) is 0 Å². The first-order valence-electron chi connectivity index (χ1n) is 5.80. The molecule has 0 aromatic carbocycles. The van der Waals surface area contributed by atoms with Gasteiger partial charge in [-0.1, -0.05) is 0 Å². The minimum absolute atomic E-state index is 0. The summed E-state index contributed by atoms with van der Waals surface area (Å²) in [6.07, 6.45) is 4.48. The van der Waals surface area contributed by atoms with Crippen LogP contribution in [0, 0.1) is 0 Å². The number of aromatic carboxylic acids is 4. The molecule has 0 bridgehead atoms. The molecule has 0 saturated heterocycles. The van der Waals surface area contributed by atoms with Crippen LogP contribution in [0.3, 0.4) is 0 Å². The maximum absolute atomic E-state index is 10.4. The van der Waals surface area contributed by atoms with Gasteiger partial charge < -0.3 is 31.4 Å². The zero-order chi connectivity index (χ0) is 18.3. The Kier molecular flexibility index (Phi) is 15.0. The molecule has 0 aliphatic rings. The molecule has 0 aliphatic heterocycles. The van der Waals surface area contributed by atoms with E-state index in [9.17, 15) is 19.2 Å². The monoisotopic (exact) mass is 411 g/mol. The molecule has 0 saturated carbocycles. The summed E-state index contributed by atoms with van der Waals surface area (Å²) in [5.41, 5.74) is -2.20. The van der Waals surface area contributed by atoms with E-state index < -0.39 is 46.7 Å². The maximum Gasteiger partial charge on any atom is 0.357 e. The van der Waals surface area contributed by atoms with Gasteiger partial charge in [0.25, 0.3) is 0 Å². The number of nitrogens with zero attached hydrogens (tertiary/aromatic N) is 4. The van der Waals surface area contributed by atoms with Gasteiger partial charge in [-0.05, 0) is 0 Å². The van der Waals surface area contributed by atoms with Gasteiger partial charge in [0.2, 0.25) is 0 Å². The van der Waals surface area contributed by atoms with Crippen LogP contribution in [0.4, 0.5) is 0 Å². The second-order valence-electron chi connectivity index (χ2n) is 3.73. The second kappa shape index (κ2) is 13.8. The van der Waals surface area contributed by atoms with Crippen molar-refractivity contribution >= 4 is 75.3 Å². The molecular weight excluding hydrogens is 399 g/mol. The molecule has 2 rings (SSSR count). The van der Waals surface area contributed by atoms with Crippen LogP contribution in [0.5, 0.6) is 0 Å². The van der Waals surface area contributed by atoms with E-state index in [4.69, 9.17) is 20.4 Å². The summed E-state index contributed by atoms with van der Waals surface area (Å²) in [6, 6.07) is 0. The number of carbonyl (C=O) groups is 4. The van der Waals surface area contributed by atoms with E-state index in [-0.39, 0.29) is 62.3 Å². The van der Waals surface area contributed by atoms with Crippen LogP contribution in [-0.2, 0) is 0 Å². The van der Waals surface area contributed by atoms with E-state index in [1.807, 2.05) is 0 Å². The van der Waals surface area contributed by atoms with Crippen molar-refractivity contribution in [3.63, 3.8) is 0 Å². The van der Waals surface area contributed by atoms with Crippen LogP contribution >= 0.6 is 0 Å². The summed E-state index contributed by atoms with van der Waals surface area (Å²) in [5, 5.41) is 33.8. The van der Waals surface area contributed by atoms with E-state index in [2.05, 4.69) is 19.9 Å². The predicted molar refractivity (Wildman–Crippen MR) is 84.9 cm³/mol. The zero-order valence-electron chi connectivity index (χ0n) is 13.5. The molecule has 0 amide bonds. The number of hydrogen-bond acceptors (Lipinski definition) is 8. The van der Waals surface area contributed by atoms with Gasteiger partial charge in [0.1, 0.15) is 0 Å². The fraction of sp³-hybridized carbons (Fsp3) is 0. The SMILES string of the molecule is O.O.O=C(O)c1nccnc1C(=O)O.O=C(O)c1nccnc1C(=O)O.[K]. The average Bonchev–Trinajstić information content (AvgIpc) is 2.55. The topological polar surface area (TPSA) is 264 Å². The van der Waals surface area contributed by atoms with Crippen LogP contribution in [0.1, 0.15) is 42.0 Å². The molecule has 0 unspecified atom stereocenters. The van der Waals surface area contributed by atoms with E-state index in [0.717, 1.165) is 24.8 Å². The van der Waals surface area contributed by atoms with Gasteiger partial charge >= 0.3 is 23.9 Å². The Morgan fingerprint density at radius 1 is 0.519 bits per heavy atom. The molecule has 141 valence electrons. The molecule has 0 fully saturated rings. The van der Waals surface area contributed by atoms with Gasteiger partial charge in [-0.2, -0.15) is 0 Å². The molecular formula is C12H12KN4O10. The number of aromatic nitrogens is 4. The number of rotatable bonds is 4. The van der Waals surface area contributed by atoms with E-state index in [0.29, 0.717) is 0 Å². The van der Waals surface area contributed by atoms with Gasteiger partial charge in [0.15, 0.2) is 22.8 Å². The minimum Gasteiger partial charge on any atom is -0.476 e. The third kappa shape index (κ3) is 8.69. The third-order valence-corrected chi connectivity index (χ3v) is 2.21. The molecule has 14 nitrogen and oxygen atoms in total. The first-order valence-corrected chi connectivity index (χ1v) is 5.80. The molecule has 15 heteroatoms. The Morgan fingerprint density at radius 3 is 0.778 bits per heavy atom. The number of carboxylic acid groups (broad SMARTS) is 4. The summed E-state index contributed by atoms with van der Waals surface area (Å²) in [7, 11) is 0. The summed E-state index contributed by atoms with van der Waals surface area (Å²) in [4.78, 5) is 54.9. The fourth-order valence-electron chi connectivity index (χ4n) is 1.30. The second-order valence-corrected chi connectivity index (χ2v) is 3.73. The molecule has 2 aromatic heterocycles. The maximum atomic E-state index is 10.4. The normalized spacial score (nSPS) is 8.30. The minimum atomic E-state index is -1.40. The van der Waals surface area contributed by atoms with Gasteiger partial charge in [0, 0.05) is 76.2 Å². The Bertz CT molecular complexity index is 683. The van der Waals surface area contributed by atoms with Crippen molar-refractivity contribution < 1.29 is 50.6 Å². The molecule has 2 heterocycles. The van der Waals surface area contributed by atoms with E-state index in [1.165, 1.54) is 0 Å². The van der Waals surface area contributed by atoms with Crippen LogP contribution in [0.15, 0.2) is 24.8 Å². The fourth-order valence-corrected chi connectivity index (χ4v) is 1.30. The number of hydrogen-bond donors (Lipinski definition) is 4. The third-order valence-electron chi connectivity index (χ3n) is 2.21. The van der Waals surface area contributed by atoms with E-state index in [1.54, 1.807) is 0 Å². The van der Waals surface area contributed by atoms with Crippen molar-refractivity contribution in [3.8, 4) is 0 Å². The quantitative estimate of drug-likeness (QED) is 0.387. The summed E-state index contributed by atoms with van der Waals surface area (Å²) in [5.74, 6) is -5.61. The Hall–Kier alpha value is -2.40. The van der Waals surface area contributed by atoms with Gasteiger partial charge in [-0.15, -0.1) is 0 Å². The smallest absolute Gasteiger partial charge is 0.357 e. The molecule has 0 aliphatic carbocycles. The van der Waals surface area contributed by atoms with Crippen LogP contribution in [0.25, 0.3) is 0 Å². The summed E-state index contributed by atoms with van der Waals surface area (Å²) in [6.45, 7) is 0. The van der Waals surface area contributed by atoms with Gasteiger partial charge in [0.05, 0.1) is 0 Å². The van der Waals surface area contributed by atoms with Crippen molar-refractivity contribution in [2.45, 2.75) is 0 Å². The molecule has 8 N–H and O–H groups in total. The van der Waals surface area contributed by atoms with Crippen molar-refractivity contribution in [1.82, 2.24) is 19.9 Å². The summed E-state index contributed by atoms with van der Waals surface area (Å²) >= 11 is 0. The standard InChI is InChI=1S/2C6H4N2O4.K.2H2O/c2*9-5(10)3-4(6(11)12)8-2-1-7-3;;;/h2*1-2H,(H,9,10)(H,11,12);;2*1H2. The zero-order valence-corrected chi connectivity index (χ0v) is 16.6. The average molecular weight is 411 g/mol. The van der Waals surface area contributed by atoms with Gasteiger partial charge in [-0.3, -0.25) is 0 Å². The molecule has 0 spiro atoms. The van der Waals surface area contributed by atoms with Gasteiger partial charge in [-0.25, -0.2) is 39.1 Å². The first kappa shape index (κ1) is 29.4. The van der Waals surface area contributed by atoms with Crippen LogP contribution < -0.4 is 0 Å². The molecule has 1 radical (unpaired) electrons. The van der Waals surface area contributed by atoms with Crippen LogP contribution in [-0.4, -0.2) is 127 Å². The molecule has 27 heavy (non-hydrogen) atoms. The number of carboxylic acids is 4. The van der Waals surface area contributed by atoms with Crippen molar-refractivity contribution in [1.29, 1.82) is 0 Å². The van der Waals surface area contributed by atoms with E-state index >= 15 is 0 Å². The molecule has 2 aromatic rings. The van der Waals surface area contributed by atoms with Crippen LogP contribution in [0.2, 0.25) is 0 Å². The predicted octanol–water partition coefficient (Wildman–Crippen LogP) is -2.28. The Morgan fingerprint density at radius 2 is 0.667 bits per heavy atom. The van der Waals surface area contributed by atoms with Crippen molar-refractivity contribution in [2.75, 3.05) is 0 Å². The Labute approximate surface area is 192 Å². The first-order chi connectivity index (χ1) is 11.3. The Balaban J connectivity index is -0.000000384.